The quantitative estimate of drug-likeness (QED) is 0.371. The summed E-state index contributed by atoms with van der Waals surface area (Å²) in [5.41, 5.74) is 3.23. The Bertz CT molecular complexity index is 774. The Morgan fingerprint density at radius 1 is 1.21 bits per heavy atom. The van der Waals surface area contributed by atoms with Gasteiger partial charge in [-0.05, 0) is 46.9 Å². The number of carbonyl (C=O) groups excluding carboxylic acids is 1. The van der Waals surface area contributed by atoms with Crippen molar-refractivity contribution in [2.45, 2.75) is 0 Å². The molecular formula is C16H14BrIN2O4. The first kappa shape index (κ1) is 18.5. The fourth-order valence-corrected chi connectivity index (χ4v) is 3.40. The molecule has 0 aliphatic heterocycles. The molecule has 0 heterocycles. The van der Waals surface area contributed by atoms with Gasteiger partial charge in [-0.25, -0.2) is 5.43 Å². The van der Waals surface area contributed by atoms with Gasteiger partial charge in [-0.15, -0.1) is 0 Å². The third kappa shape index (κ3) is 4.60. The van der Waals surface area contributed by atoms with Crippen molar-refractivity contribution < 1.29 is 19.4 Å². The maximum atomic E-state index is 12.2. The van der Waals surface area contributed by atoms with E-state index in [-0.39, 0.29) is 5.75 Å². The number of nitrogens with zero attached hydrogens (tertiary/aromatic N) is 1. The zero-order chi connectivity index (χ0) is 17.7. The standard InChI is InChI=1S/C16H14BrIN2O4/c1-23-12-4-9(5-13(7-12)24-2)16(22)20-19-8-10-3-11(17)6-14(18)15(10)21/h3-8,21H,1-2H3,(H,20,22)/b19-8-. The average molecular weight is 505 g/mol. The molecule has 0 aromatic heterocycles. The number of phenolic OH excluding ortho intramolecular Hbond substituents is 1. The molecule has 0 fully saturated rings. The lowest BCUT2D eigenvalue weighted by Crippen LogP contribution is -2.17. The molecule has 6 nitrogen and oxygen atoms in total. The molecule has 0 radical (unpaired) electrons. The molecule has 0 aliphatic rings. The Morgan fingerprint density at radius 3 is 2.42 bits per heavy atom. The Morgan fingerprint density at radius 2 is 1.83 bits per heavy atom. The number of halogens is 2. The van der Waals surface area contributed by atoms with E-state index in [0.29, 0.717) is 26.2 Å². The van der Waals surface area contributed by atoms with E-state index < -0.39 is 5.91 Å². The number of hydrazone groups is 1. The first-order chi connectivity index (χ1) is 11.4. The number of benzene rings is 2. The summed E-state index contributed by atoms with van der Waals surface area (Å²) in [6.45, 7) is 0. The number of amides is 1. The van der Waals surface area contributed by atoms with Gasteiger partial charge < -0.3 is 14.6 Å². The second kappa shape index (κ2) is 8.34. The van der Waals surface area contributed by atoms with Crippen molar-refractivity contribution in [3.05, 3.63) is 49.5 Å². The van der Waals surface area contributed by atoms with E-state index in [2.05, 4.69) is 26.5 Å². The Kier molecular flexibility index (Phi) is 6.44. The SMILES string of the molecule is COc1cc(OC)cc(C(=O)N/N=C\c2cc(Br)cc(I)c2O)c1. The van der Waals surface area contributed by atoms with E-state index in [1.807, 2.05) is 22.6 Å². The van der Waals surface area contributed by atoms with Gasteiger partial charge in [0.25, 0.3) is 5.91 Å². The minimum absolute atomic E-state index is 0.0971. The number of phenols is 1. The molecule has 2 N–H and O–H groups in total. The smallest absolute Gasteiger partial charge is 0.271 e. The fourth-order valence-electron chi connectivity index (χ4n) is 1.85. The van der Waals surface area contributed by atoms with Crippen molar-refractivity contribution >= 4 is 50.6 Å². The van der Waals surface area contributed by atoms with Gasteiger partial charge in [0.15, 0.2) is 0 Å². The Labute approximate surface area is 161 Å². The molecule has 0 saturated carbocycles. The van der Waals surface area contributed by atoms with Gasteiger partial charge in [-0.2, -0.15) is 5.10 Å². The van der Waals surface area contributed by atoms with E-state index in [0.717, 1.165) is 4.47 Å². The maximum absolute atomic E-state index is 12.2. The van der Waals surface area contributed by atoms with Crippen molar-refractivity contribution in [1.29, 1.82) is 0 Å². The van der Waals surface area contributed by atoms with Gasteiger partial charge in [0, 0.05) is 21.7 Å². The highest BCUT2D eigenvalue weighted by Gasteiger charge is 2.10. The molecule has 0 aliphatic carbocycles. The molecule has 2 aromatic carbocycles. The lowest BCUT2D eigenvalue weighted by atomic mass is 10.2. The van der Waals surface area contributed by atoms with Crippen molar-refractivity contribution in [3.8, 4) is 17.2 Å². The van der Waals surface area contributed by atoms with Crippen molar-refractivity contribution in [2.24, 2.45) is 5.10 Å². The zero-order valence-corrected chi connectivity index (χ0v) is 16.6. The molecule has 0 atom stereocenters. The van der Waals surface area contributed by atoms with Crippen LogP contribution in [-0.2, 0) is 0 Å². The summed E-state index contributed by atoms with van der Waals surface area (Å²) < 4.78 is 11.7. The lowest BCUT2D eigenvalue weighted by molar-refractivity contribution is 0.0954. The van der Waals surface area contributed by atoms with E-state index >= 15 is 0 Å². The summed E-state index contributed by atoms with van der Waals surface area (Å²) in [5.74, 6) is 0.679. The van der Waals surface area contributed by atoms with Gasteiger partial charge in [-0.1, -0.05) is 15.9 Å². The second-order valence-electron chi connectivity index (χ2n) is 4.63. The number of methoxy groups -OCH3 is 2. The Hall–Kier alpha value is -1.81. The predicted molar refractivity (Wildman–Crippen MR) is 103 cm³/mol. The number of carbonyl (C=O) groups is 1. The highest BCUT2D eigenvalue weighted by Crippen LogP contribution is 2.27. The summed E-state index contributed by atoms with van der Waals surface area (Å²) in [6, 6.07) is 8.29. The largest absolute Gasteiger partial charge is 0.506 e. The lowest BCUT2D eigenvalue weighted by Gasteiger charge is -2.07. The number of rotatable bonds is 5. The Balaban J connectivity index is 2.16. The summed E-state index contributed by atoms with van der Waals surface area (Å²) in [4.78, 5) is 12.2. The van der Waals surface area contributed by atoms with Gasteiger partial charge in [0.2, 0.25) is 0 Å². The van der Waals surface area contributed by atoms with Crippen molar-refractivity contribution in [1.82, 2.24) is 5.43 Å². The van der Waals surface area contributed by atoms with Gasteiger partial charge in [0.1, 0.15) is 17.2 Å². The summed E-state index contributed by atoms with van der Waals surface area (Å²) in [6.07, 6.45) is 1.37. The van der Waals surface area contributed by atoms with E-state index in [4.69, 9.17) is 9.47 Å². The van der Waals surface area contributed by atoms with E-state index in [1.54, 1.807) is 30.3 Å². The third-order valence-corrected chi connectivity index (χ3v) is 4.32. The fraction of sp³-hybridized carbons (Fsp3) is 0.125. The van der Waals surface area contributed by atoms with Gasteiger partial charge >= 0.3 is 0 Å². The average Bonchev–Trinajstić information content (AvgIpc) is 2.58. The number of ether oxygens (including phenoxy) is 2. The molecule has 0 unspecified atom stereocenters. The monoisotopic (exact) mass is 504 g/mol. The zero-order valence-electron chi connectivity index (χ0n) is 12.8. The number of hydrogen-bond donors (Lipinski definition) is 2. The van der Waals surface area contributed by atoms with Crippen LogP contribution in [0, 0.1) is 3.57 Å². The first-order valence-electron chi connectivity index (χ1n) is 6.69. The second-order valence-corrected chi connectivity index (χ2v) is 6.70. The predicted octanol–water partition coefficient (Wildman–Crippen LogP) is 3.54. The van der Waals surface area contributed by atoms with Crippen LogP contribution in [0.2, 0.25) is 0 Å². The molecule has 0 spiro atoms. The van der Waals surface area contributed by atoms with Crippen LogP contribution >= 0.6 is 38.5 Å². The minimum Gasteiger partial charge on any atom is -0.506 e. The normalized spacial score (nSPS) is 10.7. The van der Waals surface area contributed by atoms with E-state index in [9.17, 15) is 9.90 Å². The molecule has 126 valence electrons. The minimum atomic E-state index is -0.423. The first-order valence-corrected chi connectivity index (χ1v) is 8.56. The number of aromatic hydroxyl groups is 1. The van der Waals surface area contributed by atoms with Crippen LogP contribution in [-0.4, -0.2) is 31.4 Å². The van der Waals surface area contributed by atoms with Gasteiger partial charge in [0.05, 0.1) is 24.0 Å². The van der Waals surface area contributed by atoms with Crippen LogP contribution in [0.15, 0.2) is 39.9 Å². The highest BCUT2D eigenvalue weighted by atomic mass is 127. The molecule has 24 heavy (non-hydrogen) atoms. The third-order valence-electron chi connectivity index (χ3n) is 3.04. The molecule has 2 aromatic rings. The molecule has 1 amide bonds. The van der Waals surface area contributed by atoms with Crippen LogP contribution in [0.25, 0.3) is 0 Å². The van der Waals surface area contributed by atoms with Crippen LogP contribution in [0.4, 0.5) is 0 Å². The van der Waals surface area contributed by atoms with Crippen LogP contribution in [0.5, 0.6) is 17.2 Å². The number of nitrogens with one attached hydrogen (secondary N) is 1. The maximum Gasteiger partial charge on any atom is 0.271 e. The summed E-state index contributed by atoms with van der Waals surface area (Å²) in [7, 11) is 3.01. The van der Waals surface area contributed by atoms with Crippen LogP contribution in [0.1, 0.15) is 15.9 Å². The van der Waals surface area contributed by atoms with Crippen LogP contribution < -0.4 is 14.9 Å². The van der Waals surface area contributed by atoms with Crippen molar-refractivity contribution in [3.63, 3.8) is 0 Å². The number of hydrogen-bond acceptors (Lipinski definition) is 5. The molecular weight excluding hydrogens is 491 g/mol. The molecule has 2 rings (SSSR count). The highest BCUT2D eigenvalue weighted by molar-refractivity contribution is 14.1. The van der Waals surface area contributed by atoms with Crippen molar-refractivity contribution in [2.75, 3.05) is 14.2 Å². The molecule has 8 heteroatoms. The van der Waals surface area contributed by atoms with E-state index in [1.165, 1.54) is 20.4 Å². The molecule has 0 bridgehead atoms. The van der Waals surface area contributed by atoms with Gasteiger partial charge in [-0.3, -0.25) is 4.79 Å². The summed E-state index contributed by atoms with van der Waals surface area (Å²) in [5, 5.41) is 13.9. The molecule has 0 saturated heterocycles. The topological polar surface area (TPSA) is 80.2 Å². The van der Waals surface area contributed by atoms with Crippen LogP contribution in [0.3, 0.4) is 0 Å². The summed E-state index contributed by atoms with van der Waals surface area (Å²) >= 11 is 5.35.